The van der Waals surface area contributed by atoms with Gasteiger partial charge in [-0.05, 0) is 41.7 Å². The normalized spacial score (nSPS) is 13.7. The summed E-state index contributed by atoms with van der Waals surface area (Å²) in [5.74, 6) is 0.996. The minimum absolute atomic E-state index is 0.184. The van der Waals surface area contributed by atoms with E-state index in [0.29, 0.717) is 19.7 Å². The molecule has 1 aromatic carbocycles. The molecule has 1 aromatic heterocycles. The lowest BCUT2D eigenvalue weighted by Gasteiger charge is -2.17. The predicted octanol–water partition coefficient (Wildman–Crippen LogP) is 2.83. The highest BCUT2D eigenvalue weighted by molar-refractivity contribution is 5.73. The molecule has 0 saturated carbocycles. The molecule has 0 atom stereocenters. The third-order valence-electron chi connectivity index (χ3n) is 4.55. The number of carbonyl (C=O) groups excluding carboxylic acids is 1. The molecule has 2 aromatic rings. The van der Waals surface area contributed by atoms with E-state index >= 15 is 0 Å². The Balaban J connectivity index is 1.49. The van der Waals surface area contributed by atoms with Gasteiger partial charge in [0.1, 0.15) is 5.82 Å². The zero-order valence-corrected chi connectivity index (χ0v) is 15.2. The number of methoxy groups -OCH3 is 1. The molecule has 6 heteroatoms. The summed E-state index contributed by atoms with van der Waals surface area (Å²) in [6.45, 7) is 3.61. The molecule has 1 fully saturated rings. The first kappa shape index (κ1) is 18.2. The van der Waals surface area contributed by atoms with Crippen molar-refractivity contribution in [1.82, 2.24) is 15.6 Å². The maximum Gasteiger partial charge on any atom is 0.315 e. The van der Waals surface area contributed by atoms with Crippen molar-refractivity contribution < 1.29 is 9.53 Å². The summed E-state index contributed by atoms with van der Waals surface area (Å²) >= 11 is 0. The molecule has 0 unspecified atom stereocenters. The topological polar surface area (TPSA) is 66.5 Å². The number of aromatic nitrogens is 1. The molecule has 2 heterocycles. The first-order valence-electron chi connectivity index (χ1n) is 9.03. The maximum absolute atomic E-state index is 12.1. The van der Waals surface area contributed by atoms with E-state index in [-0.39, 0.29) is 6.03 Å². The largest absolute Gasteiger partial charge is 0.380 e. The molecule has 0 aliphatic carbocycles. The second-order valence-electron chi connectivity index (χ2n) is 6.45. The molecule has 0 radical (unpaired) electrons. The van der Waals surface area contributed by atoms with Crippen LogP contribution in [0.5, 0.6) is 0 Å². The lowest BCUT2D eigenvalue weighted by molar-refractivity contribution is 0.184. The summed E-state index contributed by atoms with van der Waals surface area (Å²) in [7, 11) is 1.67. The molecule has 1 aliphatic rings. The first-order valence-corrected chi connectivity index (χ1v) is 9.03. The Hall–Kier alpha value is -2.60. The third-order valence-corrected chi connectivity index (χ3v) is 4.55. The lowest BCUT2D eigenvalue weighted by atomic mass is 10.1. The summed E-state index contributed by atoms with van der Waals surface area (Å²) in [4.78, 5) is 18.8. The second kappa shape index (κ2) is 9.20. The molecular weight excluding hydrogens is 328 g/mol. The fourth-order valence-electron chi connectivity index (χ4n) is 3.14. The van der Waals surface area contributed by atoms with Crippen molar-refractivity contribution in [2.24, 2.45) is 0 Å². The van der Waals surface area contributed by atoms with Gasteiger partial charge in [-0.15, -0.1) is 0 Å². The Morgan fingerprint density at radius 3 is 2.62 bits per heavy atom. The van der Waals surface area contributed by atoms with Gasteiger partial charge in [0.05, 0.1) is 6.61 Å². The van der Waals surface area contributed by atoms with Crippen LogP contribution in [0.4, 0.5) is 10.6 Å². The van der Waals surface area contributed by atoms with E-state index in [2.05, 4.69) is 26.6 Å². The van der Waals surface area contributed by atoms with E-state index in [9.17, 15) is 4.79 Å². The number of nitrogens with one attached hydrogen (secondary N) is 2. The van der Waals surface area contributed by atoms with E-state index in [0.717, 1.165) is 35.6 Å². The van der Waals surface area contributed by atoms with Crippen LogP contribution in [0.1, 0.15) is 29.5 Å². The van der Waals surface area contributed by atoms with Crippen LogP contribution in [-0.4, -0.2) is 31.2 Å². The van der Waals surface area contributed by atoms with Crippen molar-refractivity contribution in [2.75, 3.05) is 25.1 Å². The van der Waals surface area contributed by atoms with Crippen LogP contribution in [0, 0.1) is 0 Å². The Morgan fingerprint density at radius 2 is 1.85 bits per heavy atom. The number of benzene rings is 1. The summed E-state index contributed by atoms with van der Waals surface area (Å²) in [6.07, 6.45) is 4.25. The van der Waals surface area contributed by atoms with Gasteiger partial charge < -0.3 is 20.3 Å². The molecule has 1 saturated heterocycles. The standard InChI is InChI=1S/C20H26N4O2/c1-26-15-18-7-3-2-6-17(18)14-23-20(25)22-13-16-8-9-21-19(12-16)24-10-4-5-11-24/h2-3,6-9,12H,4-5,10-11,13-15H2,1H3,(H2,22,23,25). The Bertz CT molecular complexity index is 729. The second-order valence-corrected chi connectivity index (χ2v) is 6.45. The van der Waals surface area contributed by atoms with Gasteiger partial charge in [0.15, 0.2) is 0 Å². The van der Waals surface area contributed by atoms with Crippen molar-refractivity contribution in [3.05, 3.63) is 59.3 Å². The smallest absolute Gasteiger partial charge is 0.315 e. The van der Waals surface area contributed by atoms with Crippen LogP contribution in [0.2, 0.25) is 0 Å². The van der Waals surface area contributed by atoms with E-state index in [4.69, 9.17) is 4.74 Å². The average Bonchev–Trinajstić information content (AvgIpc) is 3.21. The van der Waals surface area contributed by atoms with Crippen molar-refractivity contribution >= 4 is 11.8 Å². The summed E-state index contributed by atoms with van der Waals surface area (Å²) in [5.41, 5.74) is 3.20. The van der Waals surface area contributed by atoms with Crippen LogP contribution in [0.3, 0.4) is 0 Å². The molecule has 0 spiro atoms. The van der Waals surface area contributed by atoms with E-state index in [1.54, 1.807) is 7.11 Å². The quantitative estimate of drug-likeness (QED) is 0.802. The number of nitrogens with zero attached hydrogens (tertiary/aromatic N) is 2. The molecule has 138 valence electrons. The van der Waals surface area contributed by atoms with Crippen molar-refractivity contribution in [3.63, 3.8) is 0 Å². The molecular formula is C20H26N4O2. The molecule has 0 bridgehead atoms. The fraction of sp³-hybridized carbons (Fsp3) is 0.400. The van der Waals surface area contributed by atoms with E-state index in [1.165, 1.54) is 12.8 Å². The van der Waals surface area contributed by atoms with Gasteiger partial charge in [-0.2, -0.15) is 0 Å². The zero-order valence-electron chi connectivity index (χ0n) is 15.2. The van der Waals surface area contributed by atoms with Gasteiger partial charge in [-0.3, -0.25) is 0 Å². The number of urea groups is 1. The fourth-order valence-corrected chi connectivity index (χ4v) is 3.14. The van der Waals surface area contributed by atoms with Crippen LogP contribution >= 0.6 is 0 Å². The highest BCUT2D eigenvalue weighted by Crippen LogP contribution is 2.18. The van der Waals surface area contributed by atoms with Crippen molar-refractivity contribution in [3.8, 4) is 0 Å². The van der Waals surface area contributed by atoms with Crippen LogP contribution in [-0.2, 0) is 24.4 Å². The van der Waals surface area contributed by atoms with Gasteiger partial charge in [-0.25, -0.2) is 9.78 Å². The molecule has 2 amide bonds. The van der Waals surface area contributed by atoms with E-state index in [1.807, 2.05) is 36.5 Å². The molecule has 1 aliphatic heterocycles. The monoisotopic (exact) mass is 354 g/mol. The van der Waals surface area contributed by atoms with Gasteiger partial charge in [0, 0.05) is 39.5 Å². The Morgan fingerprint density at radius 1 is 1.12 bits per heavy atom. The number of amides is 2. The predicted molar refractivity (Wildman–Crippen MR) is 102 cm³/mol. The number of pyridine rings is 1. The van der Waals surface area contributed by atoms with Gasteiger partial charge in [-0.1, -0.05) is 24.3 Å². The SMILES string of the molecule is COCc1ccccc1CNC(=O)NCc1ccnc(N2CCCC2)c1. The summed E-state index contributed by atoms with van der Waals surface area (Å²) in [6, 6.07) is 11.8. The van der Waals surface area contributed by atoms with Gasteiger partial charge in [0.25, 0.3) is 0 Å². The molecule has 3 rings (SSSR count). The number of carbonyl (C=O) groups is 1. The van der Waals surface area contributed by atoms with Crippen LogP contribution in [0.15, 0.2) is 42.6 Å². The number of hydrogen-bond acceptors (Lipinski definition) is 4. The highest BCUT2D eigenvalue weighted by atomic mass is 16.5. The van der Waals surface area contributed by atoms with Crippen molar-refractivity contribution in [2.45, 2.75) is 32.5 Å². The number of anilines is 1. The molecule has 6 nitrogen and oxygen atoms in total. The van der Waals surface area contributed by atoms with Crippen molar-refractivity contribution in [1.29, 1.82) is 0 Å². The van der Waals surface area contributed by atoms with E-state index < -0.39 is 0 Å². The third kappa shape index (κ3) is 4.95. The van der Waals surface area contributed by atoms with Crippen LogP contribution < -0.4 is 15.5 Å². The zero-order chi connectivity index (χ0) is 18.2. The summed E-state index contributed by atoms with van der Waals surface area (Å²) < 4.78 is 5.20. The Kier molecular flexibility index (Phi) is 6.44. The first-order chi connectivity index (χ1) is 12.8. The summed E-state index contributed by atoms with van der Waals surface area (Å²) in [5, 5.41) is 5.82. The van der Waals surface area contributed by atoms with Gasteiger partial charge >= 0.3 is 6.03 Å². The van der Waals surface area contributed by atoms with Gasteiger partial charge in [0.2, 0.25) is 0 Å². The number of hydrogen-bond donors (Lipinski definition) is 2. The van der Waals surface area contributed by atoms with Crippen LogP contribution in [0.25, 0.3) is 0 Å². The average molecular weight is 354 g/mol. The number of rotatable bonds is 7. The molecule has 26 heavy (non-hydrogen) atoms. The lowest BCUT2D eigenvalue weighted by Crippen LogP contribution is -2.34. The minimum atomic E-state index is -0.184. The number of ether oxygens (including phenoxy) is 1. The maximum atomic E-state index is 12.1. The molecule has 2 N–H and O–H groups in total. The Labute approximate surface area is 154 Å². The highest BCUT2D eigenvalue weighted by Gasteiger charge is 2.13. The minimum Gasteiger partial charge on any atom is -0.380 e.